The number of hydrogen-bond acceptors (Lipinski definition) is 1. The van der Waals surface area contributed by atoms with Crippen LogP contribution in [0.2, 0.25) is 10.0 Å². The second-order valence-corrected chi connectivity index (χ2v) is 5.37. The van der Waals surface area contributed by atoms with E-state index in [4.69, 9.17) is 28.9 Å². The normalized spacial score (nSPS) is 17.8. The zero-order valence-electron chi connectivity index (χ0n) is 10.1. The molecular weight excluding hydrogens is 269 g/mol. The Bertz CT molecular complexity index is 440. The van der Waals surface area contributed by atoms with Crippen LogP contribution in [0.4, 0.5) is 5.69 Å². The topological polar surface area (TPSA) is 50.4 Å². The fraction of sp³-hybridized carbons (Fsp3) is 0.462. The van der Waals surface area contributed by atoms with Crippen molar-refractivity contribution in [3.8, 4) is 0 Å². The minimum Gasteiger partial charge on any atom is -0.370 e. The summed E-state index contributed by atoms with van der Waals surface area (Å²) in [7, 11) is 0. The molecule has 0 heterocycles. The predicted molar refractivity (Wildman–Crippen MR) is 78.6 cm³/mol. The summed E-state index contributed by atoms with van der Waals surface area (Å²) >= 11 is 11.8. The average molecular weight is 286 g/mol. The van der Waals surface area contributed by atoms with Gasteiger partial charge in [-0.15, -0.1) is 0 Å². The largest absolute Gasteiger partial charge is 0.370 e. The fourth-order valence-electron chi connectivity index (χ4n) is 2.16. The van der Waals surface area contributed by atoms with Crippen LogP contribution in [0.15, 0.2) is 23.2 Å². The maximum absolute atomic E-state index is 5.94. The molecule has 1 aromatic rings. The molecule has 18 heavy (non-hydrogen) atoms. The van der Waals surface area contributed by atoms with Gasteiger partial charge in [0.25, 0.3) is 0 Å². The lowest BCUT2D eigenvalue weighted by Crippen LogP contribution is -2.26. The number of aliphatic imine (C=N–C) groups is 1. The summed E-state index contributed by atoms with van der Waals surface area (Å²) in [5.74, 6) is 0.445. The summed E-state index contributed by atoms with van der Waals surface area (Å²) in [5, 5.41) is 4.08. The van der Waals surface area contributed by atoms with Gasteiger partial charge in [-0.3, -0.25) is 0 Å². The Morgan fingerprint density at radius 1 is 1.17 bits per heavy atom. The number of anilines is 1. The molecule has 1 aromatic carbocycles. The highest BCUT2D eigenvalue weighted by molar-refractivity contribution is 6.42. The van der Waals surface area contributed by atoms with Crippen molar-refractivity contribution in [2.75, 3.05) is 5.32 Å². The molecule has 0 amide bonds. The van der Waals surface area contributed by atoms with Crippen molar-refractivity contribution < 1.29 is 0 Å². The van der Waals surface area contributed by atoms with Crippen LogP contribution in [-0.2, 0) is 0 Å². The van der Waals surface area contributed by atoms with Gasteiger partial charge in [0.05, 0.1) is 16.1 Å². The number of nitrogens with one attached hydrogen (secondary N) is 1. The van der Waals surface area contributed by atoms with Gasteiger partial charge in [0.15, 0.2) is 5.96 Å². The number of guanidine groups is 1. The molecule has 98 valence electrons. The highest BCUT2D eigenvalue weighted by Crippen LogP contribution is 2.25. The van der Waals surface area contributed by atoms with Crippen molar-refractivity contribution in [2.45, 2.75) is 38.1 Å². The number of rotatable bonds is 2. The van der Waals surface area contributed by atoms with Crippen LogP contribution < -0.4 is 11.1 Å². The van der Waals surface area contributed by atoms with Gasteiger partial charge < -0.3 is 11.1 Å². The summed E-state index contributed by atoms with van der Waals surface area (Å²) < 4.78 is 0. The van der Waals surface area contributed by atoms with Crippen molar-refractivity contribution in [1.29, 1.82) is 0 Å². The summed E-state index contributed by atoms with van der Waals surface area (Å²) in [5.41, 5.74) is 6.69. The van der Waals surface area contributed by atoms with E-state index in [1.807, 2.05) is 6.07 Å². The molecule has 2 rings (SSSR count). The van der Waals surface area contributed by atoms with Crippen LogP contribution in [0.1, 0.15) is 32.1 Å². The van der Waals surface area contributed by atoms with Gasteiger partial charge in [-0.25, -0.2) is 4.99 Å². The maximum Gasteiger partial charge on any atom is 0.193 e. The Kier molecular flexibility index (Phi) is 4.72. The molecular formula is C13H17Cl2N3. The highest BCUT2D eigenvalue weighted by Gasteiger charge is 2.12. The first kappa shape index (κ1) is 13.5. The van der Waals surface area contributed by atoms with Crippen LogP contribution in [0.3, 0.4) is 0 Å². The lowest BCUT2D eigenvalue weighted by Gasteiger charge is -2.18. The third kappa shape index (κ3) is 3.79. The monoisotopic (exact) mass is 285 g/mol. The van der Waals surface area contributed by atoms with Crippen molar-refractivity contribution in [3.63, 3.8) is 0 Å². The molecule has 0 bridgehead atoms. The van der Waals surface area contributed by atoms with E-state index in [9.17, 15) is 0 Å². The number of nitrogens with two attached hydrogens (primary N) is 1. The SMILES string of the molecule is NC(=NC1CCCCC1)Nc1ccc(Cl)c(Cl)c1. The standard InChI is InChI=1S/C13H17Cl2N3/c14-11-7-6-10(8-12(11)15)18-13(16)17-9-4-2-1-3-5-9/h6-9H,1-5H2,(H3,16,17,18). The number of benzene rings is 1. The molecule has 3 N–H and O–H groups in total. The highest BCUT2D eigenvalue weighted by atomic mass is 35.5. The van der Waals surface area contributed by atoms with Gasteiger partial charge in [-0.1, -0.05) is 42.5 Å². The van der Waals surface area contributed by atoms with E-state index >= 15 is 0 Å². The first-order valence-corrected chi connectivity index (χ1v) is 6.96. The van der Waals surface area contributed by atoms with Crippen molar-refractivity contribution in [2.24, 2.45) is 10.7 Å². The molecule has 0 unspecified atom stereocenters. The average Bonchev–Trinajstić information content (AvgIpc) is 2.35. The summed E-state index contributed by atoms with van der Waals surface area (Å²) in [6.45, 7) is 0. The molecule has 5 heteroatoms. The minimum absolute atomic E-state index is 0.356. The Morgan fingerprint density at radius 2 is 1.89 bits per heavy atom. The number of nitrogens with zero attached hydrogens (tertiary/aromatic N) is 1. The van der Waals surface area contributed by atoms with E-state index < -0.39 is 0 Å². The molecule has 0 saturated heterocycles. The van der Waals surface area contributed by atoms with E-state index in [-0.39, 0.29) is 0 Å². The van der Waals surface area contributed by atoms with Gasteiger partial charge in [0.1, 0.15) is 0 Å². The van der Waals surface area contributed by atoms with Crippen LogP contribution in [0.25, 0.3) is 0 Å². The molecule has 1 saturated carbocycles. The first-order chi connectivity index (χ1) is 8.65. The first-order valence-electron chi connectivity index (χ1n) is 6.20. The fourth-order valence-corrected chi connectivity index (χ4v) is 2.46. The van der Waals surface area contributed by atoms with E-state index in [1.54, 1.807) is 12.1 Å². The van der Waals surface area contributed by atoms with Crippen LogP contribution in [0.5, 0.6) is 0 Å². The maximum atomic E-state index is 5.94. The molecule has 0 spiro atoms. The molecule has 0 aliphatic heterocycles. The molecule has 3 nitrogen and oxygen atoms in total. The van der Waals surface area contributed by atoms with Crippen LogP contribution in [0, 0.1) is 0 Å². The zero-order chi connectivity index (χ0) is 13.0. The van der Waals surface area contributed by atoms with Crippen molar-refractivity contribution >= 4 is 34.8 Å². The second-order valence-electron chi connectivity index (χ2n) is 4.56. The van der Waals surface area contributed by atoms with E-state index in [1.165, 1.54) is 19.3 Å². The molecule has 1 aliphatic carbocycles. The zero-order valence-corrected chi connectivity index (χ0v) is 11.6. The third-order valence-electron chi connectivity index (χ3n) is 3.09. The number of halogens is 2. The lowest BCUT2D eigenvalue weighted by atomic mass is 9.96. The second kappa shape index (κ2) is 6.30. The third-order valence-corrected chi connectivity index (χ3v) is 3.83. The molecule has 0 atom stereocenters. The molecule has 0 aromatic heterocycles. The Morgan fingerprint density at radius 3 is 2.56 bits per heavy atom. The minimum atomic E-state index is 0.356. The lowest BCUT2D eigenvalue weighted by molar-refractivity contribution is 0.443. The van der Waals surface area contributed by atoms with Gasteiger partial charge in [0, 0.05) is 5.69 Å². The smallest absolute Gasteiger partial charge is 0.193 e. The quantitative estimate of drug-likeness (QED) is 0.636. The summed E-state index contributed by atoms with van der Waals surface area (Å²) in [6, 6.07) is 5.67. The Balaban J connectivity index is 1.98. The van der Waals surface area contributed by atoms with Gasteiger partial charge in [-0.2, -0.15) is 0 Å². The molecule has 1 aliphatic rings. The van der Waals surface area contributed by atoms with E-state index in [0.29, 0.717) is 22.0 Å². The summed E-state index contributed by atoms with van der Waals surface area (Å²) in [6.07, 6.45) is 6.06. The van der Waals surface area contributed by atoms with Crippen LogP contribution >= 0.6 is 23.2 Å². The van der Waals surface area contributed by atoms with Crippen molar-refractivity contribution in [1.82, 2.24) is 0 Å². The molecule has 1 fully saturated rings. The van der Waals surface area contributed by atoms with Gasteiger partial charge >= 0.3 is 0 Å². The van der Waals surface area contributed by atoms with E-state index in [2.05, 4.69) is 10.3 Å². The van der Waals surface area contributed by atoms with E-state index in [0.717, 1.165) is 18.5 Å². The molecule has 0 radical (unpaired) electrons. The van der Waals surface area contributed by atoms with Gasteiger partial charge in [0.2, 0.25) is 0 Å². The Labute approximate surface area is 117 Å². The predicted octanol–water partition coefficient (Wildman–Crippen LogP) is 4.05. The summed E-state index contributed by atoms with van der Waals surface area (Å²) in [4.78, 5) is 4.49. The van der Waals surface area contributed by atoms with Gasteiger partial charge in [-0.05, 0) is 31.0 Å². The van der Waals surface area contributed by atoms with Crippen LogP contribution in [-0.4, -0.2) is 12.0 Å². The van der Waals surface area contributed by atoms with Crippen molar-refractivity contribution in [3.05, 3.63) is 28.2 Å². The Hall–Kier alpha value is -0.930. The number of hydrogen-bond donors (Lipinski definition) is 2.